The van der Waals surface area contributed by atoms with E-state index in [4.69, 9.17) is 11.5 Å². The van der Waals surface area contributed by atoms with E-state index in [9.17, 15) is 4.79 Å². The van der Waals surface area contributed by atoms with Crippen LogP contribution in [0.3, 0.4) is 0 Å². The van der Waals surface area contributed by atoms with Gasteiger partial charge in [-0.25, -0.2) is 0 Å². The highest BCUT2D eigenvalue weighted by molar-refractivity contribution is 9.09. The Bertz CT molecular complexity index is 119. The molecule has 3 nitrogen and oxygen atoms in total. The predicted molar refractivity (Wildman–Crippen MR) is 49.7 cm³/mol. The molecule has 0 amide bonds. The van der Waals surface area contributed by atoms with E-state index in [1.54, 1.807) is 0 Å². The van der Waals surface area contributed by atoms with Crippen LogP contribution in [-0.4, -0.2) is 23.7 Å². The molecule has 0 aliphatic rings. The predicted octanol–water partition coefficient (Wildman–Crippen LogP) is 0.407. The summed E-state index contributed by atoms with van der Waals surface area (Å²) >= 11 is 3.07. The molecule has 1 atom stereocenters. The number of unbranched alkanes of at least 4 members (excludes halogenated alkanes) is 1. The fourth-order valence-corrected chi connectivity index (χ4v) is 1.18. The highest BCUT2D eigenvalue weighted by Crippen LogP contribution is 2.00. The third-order valence-electron chi connectivity index (χ3n) is 1.51. The molecule has 4 N–H and O–H groups in total. The van der Waals surface area contributed by atoms with Gasteiger partial charge in [0.2, 0.25) is 0 Å². The lowest BCUT2D eigenvalue weighted by Gasteiger charge is -2.06. The first-order chi connectivity index (χ1) is 5.22. The first-order valence-corrected chi connectivity index (χ1v) is 4.88. The first kappa shape index (κ1) is 11.1. The van der Waals surface area contributed by atoms with Gasteiger partial charge in [0.05, 0.1) is 11.4 Å². The Balaban J connectivity index is 3.36. The number of carbonyl (C=O) groups excluding carboxylic acids is 1. The minimum atomic E-state index is -0.305. The zero-order valence-electron chi connectivity index (χ0n) is 6.55. The molecule has 0 aromatic rings. The lowest BCUT2D eigenvalue weighted by Crippen LogP contribution is -2.31. The molecule has 0 radical (unpaired) electrons. The summed E-state index contributed by atoms with van der Waals surface area (Å²) in [5.74, 6) is 0.0713. The van der Waals surface area contributed by atoms with Gasteiger partial charge in [0, 0.05) is 0 Å². The fourth-order valence-electron chi connectivity index (χ4n) is 0.769. The van der Waals surface area contributed by atoms with Gasteiger partial charge in [-0.3, -0.25) is 4.79 Å². The number of rotatable bonds is 6. The number of ketones is 1. The van der Waals surface area contributed by atoms with Crippen molar-refractivity contribution in [2.24, 2.45) is 11.5 Å². The highest BCUT2D eigenvalue weighted by atomic mass is 79.9. The molecule has 0 saturated carbocycles. The van der Waals surface area contributed by atoms with Crippen molar-refractivity contribution in [1.29, 1.82) is 0 Å². The van der Waals surface area contributed by atoms with E-state index < -0.39 is 0 Å². The number of halogens is 1. The van der Waals surface area contributed by atoms with Gasteiger partial charge in [-0.2, -0.15) is 0 Å². The minimum Gasteiger partial charge on any atom is -0.330 e. The van der Waals surface area contributed by atoms with Gasteiger partial charge < -0.3 is 11.5 Å². The Labute approximate surface area is 75.6 Å². The van der Waals surface area contributed by atoms with E-state index in [1.165, 1.54) is 0 Å². The van der Waals surface area contributed by atoms with E-state index in [1.807, 2.05) is 0 Å². The normalized spacial score (nSPS) is 13.0. The molecule has 0 aliphatic carbocycles. The van der Waals surface area contributed by atoms with Gasteiger partial charge in [0.25, 0.3) is 0 Å². The number of nitrogens with two attached hydrogens (primary N) is 2. The maximum Gasteiger partial charge on any atom is 0.160 e. The molecule has 0 saturated heterocycles. The van der Waals surface area contributed by atoms with Crippen LogP contribution in [0, 0.1) is 0 Å². The van der Waals surface area contributed by atoms with E-state index >= 15 is 0 Å². The van der Waals surface area contributed by atoms with Crippen molar-refractivity contribution in [3.8, 4) is 0 Å². The van der Waals surface area contributed by atoms with Crippen LogP contribution in [0.15, 0.2) is 0 Å². The number of alkyl halides is 1. The second kappa shape index (κ2) is 6.76. The molecular weight excluding hydrogens is 208 g/mol. The van der Waals surface area contributed by atoms with Gasteiger partial charge in [-0.1, -0.05) is 22.4 Å². The Morgan fingerprint density at radius 2 is 2.09 bits per heavy atom. The number of hydrogen-bond acceptors (Lipinski definition) is 3. The summed E-state index contributed by atoms with van der Waals surface area (Å²) in [6, 6.07) is -0.305. The third-order valence-corrected chi connectivity index (χ3v) is 2.07. The summed E-state index contributed by atoms with van der Waals surface area (Å²) in [7, 11) is 0. The van der Waals surface area contributed by atoms with Crippen molar-refractivity contribution in [3.63, 3.8) is 0 Å². The van der Waals surface area contributed by atoms with E-state index in [0.29, 0.717) is 11.9 Å². The Kier molecular flexibility index (Phi) is 6.80. The van der Waals surface area contributed by atoms with Crippen molar-refractivity contribution < 1.29 is 4.79 Å². The second-order valence-corrected chi connectivity index (χ2v) is 3.05. The lowest BCUT2D eigenvalue weighted by atomic mass is 10.1. The van der Waals surface area contributed by atoms with Crippen LogP contribution in [0.2, 0.25) is 0 Å². The Hall–Kier alpha value is 0.0700. The summed E-state index contributed by atoms with van der Waals surface area (Å²) < 4.78 is 0. The van der Waals surface area contributed by atoms with Crippen LogP contribution in [-0.2, 0) is 4.79 Å². The average Bonchev–Trinajstić information content (AvgIpc) is 2.03. The maximum atomic E-state index is 10.9. The number of Topliss-reactive ketones (excluding diaryl/α,β-unsaturated/α-hetero) is 1. The molecule has 0 fully saturated rings. The smallest absolute Gasteiger partial charge is 0.160 e. The number of hydrogen-bond donors (Lipinski definition) is 2. The Morgan fingerprint density at radius 3 is 2.55 bits per heavy atom. The van der Waals surface area contributed by atoms with Crippen LogP contribution in [0.4, 0.5) is 0 Å². The standard InChI is InChI=1S/C7H15BrN2O/c8-5-7(11)6(10)3-1-2-4-9/h6H,1-5,9-10H2/t6-/m0/s1. The molecule has 0 unspecified atom stereocenters. The molecule has 66 valence electrons. The molecule has 0 rings (SSSR count). The van der Waals surface area contributed by atoms with Crippen molar-refractivity contribution in [1.82, 2.24) is 0 Å². The zero-order valence-corrected chi connectivity index (χ0v) is 8.14. The molecule has 0 heterocycles. The summed E-state index contributed by atoms with van der Waals surface area (Å²) in [6.07, 6.45) is 2.64. The van der Waals surface area contributed by atoms with Crippen LogP contribution < -0.4 is 11.5 Å². The van der Waals surface area contributed by atoms with Gasteiger partial charge >= 0.3 is 0 Å². The van der Waals surface area contributed by atoms with Crippen LogP contribution in [0.5, 0.6) is 0 Å². The van der Waals surface area contributed by atoms with Gasteiger partial charge in [-0.15, -0.1) is 0 Å². The highest BCUT2D eigenvalue weighted by Gasteiger charge is 2.10. The summed E-state index contributed by atoms with van der Waals surface area (Å²) in [6.45, 7) is 0.676. The quantitative estimate of drug-likeness (QED) is 0.506. The zero-order chi connectivity index (χ0) is 8.69. The topological polar surface area (TPSA) is 69.1 Å². The molecule has 0 aromatic heterocycles. The van der Waals surface area contributed by atoms with Gasteiger partial charge in [0.15, 0.2) is 5.78 Å². The molecule has 0 aromatic carbocycles. The third kappa shape index (κ3) is 5.35. The van der Waals surface area contributed by atoms with Crippen LogP contribution in [0.1, 0.15) is 19.3 Å². The molecule has 0 aliphatic heterocycles. The largest absolute Gasteiger partial charge is 0.330 e. The van der Waals surface area contributed by atoms with Crippen molar-refractivity contribution in [2.45, 2.75) is 25.3 Å². The number of carbonyl (C=O) groups is 1. The summed E-state index contributed by atoms with van der Waals surface area (Å²) in [4.78, 5) is 10.9. The average molecular weight is 223 g/mol. The summed E-state index contributed by atoms with van der Waals surface area (Å²) in [5.41, 5.74) is 10.8. The molecule has 4 heteroatoms. The lowest BCUT2D eigenvalue weighted by molar-refractivity contribution is -0.117. The van der Waals surface area contributed by atoms with Crippen LogP contribution >= 0.6 is 15.9 Å². The monoisotopic (exact) mass is 222 g/mol. The van der Waals surface area contributed by atoms with E-state index in [2.05, 4.69) is 15.9 Å². The molecule has 0 spiro atoms. The minimum absolute atomic E-state index is 0.0713. The summed E-state index contributed by atoms with van der Waals surface area (Å²) in [5, 5.41) is 0.358. The van der Waals surface area contributed by atoms with Crippen molar-refractivity contribution in [3.05, 3.63) is 0 Å². The fraction of sp³-hybridized carbons (Fsp3) is 0.857. The van der Waals surface area contributed by atoms with Crippen molar-refractivity contribution >= 4 is 21.7 Å². The van der Waals surface area contributed by atoms with Crippen LogP contribution in [0.25, 0.3) is 0 Å². The van der Waals surface area contributed by atoms with Gasteiger partial charge in [-0.05, 0) is 19.4 Å². The first-order valence-electron chi connectivity index (χ1n) is 3.76. The van der Waals surface area contributed by atoms with E-state index in [-0.39, 0.29) is 11.8 Å². The maximum absolute atomic E-state index is 10.9. The Morgan fingerprint density at radius 1 is 1.45 bits per heavy atom. The SMILES string of the molecule is NCCCC[C@H](N)C(=O)CBr. The van der Waals surface area contributed by atoms with Gasteiger partial charge in [0.1, 0.15) is 0 Å². The molecular formula is C7H15BrN2O. The molecule has 11 heavy (non-hydrogen) atoms. The second-order valence-electron chi connectivity index (χ2n) is 2.49. The van der Waals surface area contributed by atoms with E-state index in [0.717, 1.165) is 19.3 Å². The molecule has 0 bridgehead atoms. The van der Waals surface area contributed by atoms with Crippen molar-refractivity contribution in [2.75, 3.05) is 11.9 Å².